The Kier molecular flexibility index (Phi) is 6.44. The van der Waals surface area contributed by atoms with Crippen molar-refractivity contribution in [3.63, 3.8) is 0 Å². The molecular formula is C34H33F2N7O3. The summed E-state index contributed by atoms with van der Waals surface area (Å²) in [5, 5.41) is 0.810. The molecule has 2 amide bonds. The molecule has 236 valence electrons. The van der Waals surface area contributed by atoms with E-state index in [-0.39, 0.29) is 29.2 Å². The second kappa shape index (κ2) is 10.3. The molecule has 3 fully saturated rings. The van der Waals surface area contributed by atoms with Crippen LogP contribution in [0.4, 0.5) is 8.78 Å². The zero-order valence-electron chi connectivity index (χ0n) is 25.5. The minimum Gasteiger partial charge on any atom is -0.494 e. The SMILES string of the molecule is COc1cc(C(=O)N2CC3CCC2[C@@H]3N)cc2nc(-c3cc4ccc(-c5cc(F)c(C(N)=O)cc5F)nc4n3CC3CC3)n(C)c12. The molecule has 4 N–H and O–H groups in total. The molecule has 2 aliphatic carbocycles. The lowest BCUT2D eigenvalue weighted by Gasteiger charge is -2.27. The number of fused-ring (bicyclic) bond motifs is 4. The van der Waals surface area contributed by atoms with Gasteiger partial charge in [-0.05, 0) is 80.0 Å². The van der Waals surface area contributed by atoms with E-state index in [0.29, 0.717) is 53.2 Å². The second-order valence-corrected chi connectivity index (χ2v) is 12.8. The summed E-state index contributed by atoms with van der Waals surface area (Å²) >= 11 is 0. The minimum absolute atomic E-state index is 0.0172. The zero-order valence-corrected chi connectivity index (χ0v) is 25.5. The standard InChI is InChI=1S/C34H33F2N7O3/c1-41-30-25(9-19(11-28(30)46-2)34(45)43-15-18-6-8-26(43)29(18)37)40-33(41)27-10-17-5-7-24(39-32(17)42(27)14-16-3-4-16)20-12-23(36)21(31(38)44)13-22(20)35/h5,7,9-13,16,18,26,29H,3-4,6,8,14-15,37H2,1-2H3,(H2,38,44)/t18?,26?,29-/m1/s1. The molecule has 2 aromatic carbocycles. The number of rotatable bonds is 7. The maximum absolute atomic E-state index is 15.1. The van der Waals surface area contributed by atoms with Crippen molar-refractivity contribution in [1.29, 1.82) is 0 Å². The minimum atomic E-state index is -1.04. The predicted molar refractivity (Wildman–Crippen MR) is 168 cm³/mol. The summed E-state index contributed by atoms with van der Waals surface area (Å²) in [5.41, 5.74) is 14.5. The van der Waals surface area contributed by atoms with Crippen molar-refractivity contribution in [2.24, 2.45) is 30.4 Å². The van der Waals surface area contributed by atoms with Crippen LogP contribution in [0.25, 0.3) is 44.8 Å². The zero-order chi connectivity index (χ0) is 32.0. The van der Waals surface area contributed by atoms with Crippen LogP contribution < -0.4 is 16.2 Å². The van der Waals surface area contributed by atoms with Crippen molar-refractivity contribution in [1.82, 2.24) is 24.0 Å². The largest absolute Gasteiger partial charge is 0.494 e. The maximum Gasteiger partial charge on any atom is 0.254 e. The van der Waals surface area contributed by atoms with Crippen LogP contribution in [0.1, 0.15) is 46.4 Å². The monoisotopic (exact) mass is 625 g/mol. The van der Waals surface area contributed by atoms with Gasteiger partial charge in [0.05, 0.1) is 29.6 Å². The van der Waals surface area contributed by atoms with Crippen LogP contribution in [0.3, 0.4) is 0 Å². The van der Waals surface area contributed by atoms with E-state index in [2.05, 4.69) is 4.57 Å². The van der Waals surface area contributed by atoms with Crippen molar-refractivity contribution in [3.05, 3.63) is 65.2 Å². The topological polar surface area (TPSA) is 134 Å². The normalized spacial score (nSPS) is 20.7. The molecule has 0 radical (unpaired) electrons. The van der Waals surface area contributed by atoms with E-state index in [9.17, 15) is 14.0 Å². The van der Waals surface area contributed by atoms with Gasteiger partial charge in [-0.1, -0.05) is 0 Å². The van der Waals surface area contributed by atoms with Crippen LogP contribution in [0.2, 0.25) is 0 Å². The van der Waals surface area contributed by atoms with Crippen LogP contribution in [-0.2, 0) is 13.6 Å². The molecule has 0 spiro atoms. The van der Waals surface area contributed by atoms with Crippen molar-refractivity contribution < 1.29 is 23.1 Å². The molecule has 2 saturated carbocycles. The van der Waals surface area contributed by atoms with Crippen molar-refractivity contribution in [2.45, 2.75) is 44.3 Å². The number of hydrogen-bond acceptors (Lipinski definition) is 6. The molecule has 4 heterocycles. The van der Waals surface area contributed by atoms with Gasteiger partial charge in [0.2, 0.25) is 0 Å². The second-order valence-electron chi connectivity index (χ2n) is 12.8. The van der Waals surface area contributed by atoms with Crippen LogP contribution in [0, 0.1) is 23.5 Å². The van der Waals surface area contributed by atoms with E-state index in [4.69, 9.17) is 26.2 Å². The summed E-state index contributed by atoms with van der Waals surface area (Å²) in [6.07, 6.45) is 4.14. The van der Waals surface area contributed by atoms with Gasteiger partial charge in [0, 0.05) is 48.7 Å². The Bertz CT molecular complexity index is 2100. The quantitative estimate of drug-likeness (QED) is 0.271. The molecule has 1 aliphatic heterocycles. The number of nitrogens with zero attached hydrogens (tertiary/aromatic N) is 5. The van der Waals surface area contributed by atoms with E-state index >= 15 is 4.39 Å². The number of primary amides is 1. The number of carbonyl (C=O) groups is 2. The van der Waals surface area contributed by atoms with Gasteiger partial charge in [0.1, 0.15) is 28.5 Å². The highest BCUT2D eigenvalue weighted by molar-refractivity contribution is 6.00. The van der Waals surface area contributed by atoms with Crippen LogP contribution >= 0.6 is 0 Å². The number of halogens is 2. The fraction of sp³-hybridized carbons (Fsp3) is 0.353. The van der Waals surface area contributed by atoms with E-state index in [1.54, 1.807) is 19.2 Å². The Labute approximate surface area is 262 Å². The lowest BCUT2D eigenvalue weighted by atomic mass is 10.1. The summed E-state index contributed by atoms with van der Waals surface area (Å²) in [6.45, 7) is 1.34. The molecule has 3 atom stereocenters. The maximum atomic E-state index is 15.1. The molecule has 3 aromatic heterocycles. The number of carbonyl (C=O) groups excluding carboxylic acids is 2. The molecule has 1 saturated heterocycles. The van der Waals surface area contributed by atoms with E-state index in [1.165, 1.54) is 0 Å². The fourth-order valence-corrected chi connectivity index (χ4v) is 7.40. The van der Waals surface area contributed by atoms with Crippen LogP contribution in [0.5, 0.6) is 5.75 Å². The van der Waals surface area contributed by atoms with Crippen molar-refractivity contribution >= 4 is 33.9 Å². The first-order valence-corrected chi connectivity index (χ1v) is 15.5. The fourth-order valence-electron chi connectivity index (χ4n) is 7.40. The number of likely N-dealkylation sites (tertiary alicyclic amines) is 1. The molecule has 2 bridgehead atoms. The lowest BCUT2D eigenvalue weighted by molar-refractivity contribution is 0.0700. The number of piperidine rings is 1. The smallest absolute Gasteiger partial charge is 0.254 e. The lowest BCUT2D eigenvalue weighted by Crippen LogP contribution is -2.41. The number of aromatic nitrogens is 4. The Morgan fingerprint density at radius 1 is 1.02 bits per heavy atom. The van der Waals surface area contributed by atoms with Gasteiger partial charge in [-0.2, -0.15) is 0 Å². The van der Waals surface area contributed by atoms with E-state index in [0.717, 1.165) is 54.4 Å². The Morgan fingerprint density at radius 2 is 1.83 bits per heavy atom. The average Bonchev–Trinajstić information content (AvgIpc) is 3.45. The third-order valence-electron chi connectivity index (χ3n) is 10.0. The summed E-state index contributed by atoms with van der Waals surface area (Å²) in [6, 6.07) is 10.9. The number of methoxy groups -OCH3 is 1. The average molecular weight is 626 g/mol. The highest BCUT2D eigenvalue weighted by Crippen LogP contribution is 2.40. The van der Waals surface area contributed by atoms with Crippen LogP contribution in [0.15, 0.2) is 42.5 Å². The van der Waals surface area contributed by atoms with Gasteiger partial charge in [0.25, 0.3) is 11.8 Å². The molecule has 2 unspecified atom stereocenters. The number of hydrogen-bond donors (Lipinski definition) is 2. The van der Waals surface area contributed by atoms with Gasteiger partial charge < -0.3 is 30.2 Å². The molecule has 10 nitrogen and oxygen atoms in total. The Balaban J connectivity index is 1.24. The molecular weight excluding hydrogens is 592 g/mol. The molecule has 8 rings (SSSR count). The Morgan fingerprint density at radius 3 is 2.50 bits per heavy atom. The molecule has 46 heavy (non-hydrogen) atoms. The molecule has 12 heteroatoms. The first-order valence-electron chi connectivity index (χ1n) is 15.5. The number of pyridine rings is 1. The van der Waals surface area contributed by atoms with Gasteiger partial charge in [0.15, 0.2) is 5.82 Å². The summed E-state index contributed by atoms with van der Waals surface area (Å²) in [5.74, 6) is -0.820. The third-order valence-corrected chi connectivity index (χ3v) is 10.0. The highest BCUT2D eigenvalue weighted by atomic mass is 19.1. The van der Waals surface area contributed by atoms with E-state index in [1.807, 2.05) is 34.7 Å². The predicted octanol–water partition coefficient (Wildman–Crippen LogP) is 4.61. The number of ether oxygens (including phenoxy) is 1. The Hall–Kier alpha value is -4.84. The van der Waals surface area contributed by atoms with Crippen molar-refractivity contribution in [3.8, 4) is 28.5 Å². The van der Waals surface area contributed by atoms with Gasteiger partial charge in [-0.25, -0.2) is 18.7 Å². The van der Waals surface area contributed by atoms with Crippen LogP contribution in [-0.4, -0.2) is 61.6 Å². The molecule has 5 aromatic rings. The van der Waals surface area contributed by atoms with Gasteiger partial charge in [-0.15, -0.1) is 0 Å². The van der Waals surface area contributed by atoms with Gasteiger partial charge >= 0.3 is 0 Å². The van der Waals surface area contributed by atoms with Crippen molar-refractivity contribution in [2.75, 3.05) is 13.7 Å². The first kappa shape index (κ1) is 28.6. The number of imidazole rings is 1. The number of aryl methyl sites for hydroxylation is 1. The highest BCUT2D eigenvalue weighted by Gasteiger charge is 2.47. The number of nitrogens with two attached hydrogens (primary N) is 2. The third kappa shape index (κ3) is 4.38. The molecule has 3 aliphatic rings. The number of benzene rings is 2. The van der Waals surface area contributed by atoms with Gasteiger partial charge in [-0.3, -0.25) is 9.59 Å². The summed E-state index contributed by atoms with van der Waals surface area (Å²) in [4.78, 5) is 36.9. The summed E-state index contributed by atoms with van der Waals surface area (Å²) < 4.78 is 39.5. The first-order chi connectivity index (χ1) is 22.1. The van der Waals surface area contributed by atoms with E-state index < -0.39 is 23.1 Å². The summed E-state index contributed by atoms with van der Waals surface area (Å²) in [7, 11) is 3.49. The number of amides is 2.